The van der Waals surface area contributed by atoms with E-state index in [0.29, 0.717) is 35.2 Å². The molecule has 54 heavy (non-hydrogen) atoms. The standard InChI is InChI=1S/C22H24NO2P.C20H20O2.C2H6Cl2NP/c1-23(2)26-24-18-10-3-6-14-12-16-8-5-9-17-13-15-7-4-11-19(25-26)21(15)22(16,17)20(14)18;21-16-8-1-4-12-10-14-6-3-7-15-11-13-5-2-9-17(22)19(13)20(14,15)18(12)16;1-5(2)6(3)4/h3-4,6-7,10-11,16-17H,5,8-9,12-13H2,1-2H3;1-2,4-5,8-9,14-15,21-22H,3,6-7,10-11H2;1-2H3/t16-,17-,22?;14-,15-,20?;/m11./s1. The highest BCUT2D eigenvalue weighted by atomic mass is 35.9. The lowest BCUT2D eigenvalue weighted by atomic mass is 9.59. The second kappa shape index (κ2) is 14.1. The van der Waals surface area contributed by atoms with Crippen molar-refractivity contribution >= 4 is 37.8 Å². The third kappa shape index (κ3) is 5.48. The molecule has 0 amide bonds. The summed E-state index contributed by atoms with van der Waals surface area (Å²) in [7, 11) is 6.62. The van der Waals surface area contributed by atoms with Gasteiger partial charge in [0.25, 0.3) is 0 Å². The van der Waals surface area contributed by atoms with E-state index in [-0.39, 0.29) is 10.8 Å². The number of benzene rings is 4. The molecule has 0 unspecified atom stereocenters. The molecule has 2 N–H and O–H groups in total. The normalized spacial score (nSPS) is 29.8. The Balaban J connectivity index is 0.000000125. The number of aromatic hydroxyl groups is 2. The molecule has 2 saturated carbocycles. The lowest BCUT2D eigenvalue weighted by molar-refractivity contribution is 0.170. The Bertz CT molecular complexity index is 1950. The van der Waals surface area contributed by atoms with Crippen molar-refractivity contribution in [1.82, 2.24) is 9.34 Å². The largest absolute Gasteiger partial charge is 0.508 e. The van der Waals surface area contributed by atoms with Gasteiger partial charge >= 0.3 is 8.53 Å². The summed E-state index contributed by atoms with van der Waals surface area (Å²) < 4.78 is 16.9. The minimum Gasteiger partial charge on any atom is -0.508 e. The number of phenols is 2. The molecule has 2 fully saturated rings. The highest BCUT2D eigenvalue weighted by Gasteiger charge is 2.62. The maximum atomic E-state index is 10.6. The first-order chi connectivity index (χ1) is 26.1. The molecule has 0 saturated heterocycles. The minimum atomic E-state index is -1.14. The molecular weight excluding hydrogens is 753 g/mol. The molecule has 0 radical (unpaired) electrons. The van der Waals surface area contributed by atoms with Crippen LogP contribution in [0, 0.1) is 23.7 Å². The molecule has 7 aliphatic rings. The van der Waals surface area contributed by atoms with Crippen LogP contribution in [0.2, 0.25) is 0 Å². The van der Waals surface area contributed by atoms with E-state index >= 15 is 0 Å². The Morgan fingerprint density at radius 2 is 0.907 bits per heavy atom. The summed E-state index contributed by atoms with van der Waals surface area (Å²) in [5.74, 6) is 5.39. The highest BCUT2D eigenvalue weighted by molar-refractivity contribution is 8.02. The zero-order valence-electron chi connectivity index (χ0n) is 31.6. The molecule has 4 aromatic rings. The number of phenolic OH excluding ortho intramolecular Hbond substituents is 2. The van der Waals surface area contributed by atoms with E-state index in [9.17, 15) is 10.2 Å². The van der Waals surface area contributed by atoms with Crippen LogP contribution in [0.3, 0.4) is 0 Å². The molecule has 2 spiro atoms. The molecule has 1 heterocycles. The van der Waals surface area contributed by atoms with Gasteiger partial charge in [-0.05, 0) is 150 Å². The van der Waals surface area contributed by atoms with Gasteiger partial charge in [0, 0.05) is 33.1 Å². The van der Waals surface area contributed by atoms with Crippen molar-refractivity contribution in [3.05, 3.63) is 117 Å². The summed E-state index contributed by atoms with van der Waals surface area (Å²) in [6.45, 7) is -0.882. The van der Waals surface area contributed by atoms with E-state index in [4.69, 9.17) is 31.5 Å². The van der Waals surface area contributed by atoms with Gasteiger partial charge in [0.05, 0.1) is 0 Å². The molecule has 6 nitrogen and oxygen atoms in total. The lowest BCUT2D eigenvalue weighted by Crippen LogP contribution is -2.42. The fourth-order valence-electron chi connectivity index (χ4n) is 12.2. The van der Waals surface area contributed by atoms with Crippen LogP contribution in [0.1, 0.15) is 83.0 Å². The maximum Gasteiger partial charge on any atom is 0.384 e. The number of hydrogen-bond donors (Lipinski definition) is 2. The van der Waals surface area contributed by atoms with E-state index in [1.165, 1.54) is 84.7 Å². The van der Waals surface area contributed by atoms with Gasteiger partial charge in [-0.2, -0.15) is 0 Å². The molecule has 10 heteroatoms. The van der Waals surface area contributed by atoms with Crippen molar-refractivity contribution in [3.63, 3.8) is 0 Å². The molecule has 0 bridgehead atoms. The average Bonchev–Trinajstić information content (AvgIpc) is 3.87. The summed E-state index contributed by atoms with van der Waals surface area (Å²) in [5, 5.41) is 21.3. The number of nitrogens with zero attached hydrogens (tertiary/aromatic N) is 2. The molecule has 0 aromatic heterocycles. The summed E-state index contributed by atoms with van der Waals surface area (Å²) in [4.78, 5) is 0. The van der Waals surface area contributed by atoms with Crippen LogP contribution < -0.4 is 9.05 Å². The van der Waals surface area contributed by atoms with Crippen LogP contribution in [0.4, 0.5) is 0 Å². The van der Waals surface area contributed by atoms with Gasteiger partial charge in [-0.15, -0.1) is 0 Å². The first-order valence-corrected chi connectivity index (χ1v) is 23.8. The van der Waals surface area contributed by atoms with Crippen LogP contribution in [-0.4, -0.2) is 47.7 Å². The quantitative estimate of drug-likeness (QED) is 0.197. The van der Waals surface area contributed by atoms with Gasteiger partial charge in [-0.25, -0.2) is 4.67 Å². The average molecular weight is 804 g/mol. The lowest BCUT2D eigenvalue weighted by Gasteiger charge is -2.45. The van der Waals surface area contributed by atoms with Crippen molar-refractivity contribution < 1.29 is 19.3 Å². The first kappa shape index (κ1) is 37.0. The van der Waals surface area contributed by atoms with Crippen LogP contribution in [-0.2, 0) is 36.5 Å². The second-order valence-corrected chi connectivity index (χ2v) is 22.0. The first-order valence-electron chi connectivity index (χ1n) is 19.6. The number of hydrogen-bond acceptors (Lipinski definition) is 6. The fourth-order valence-corrected chi connectivity index (χ4v) is 13.2. The monoisotopic (exact) mass is 802 g/mol. The zero-order chi connectivity index (χ0) is 37.5. The van der Waals surface area contributed by atoms with E-state index < -0.39 is 15.3 Å². The van der Waals surface area contributed by atoms with Crippen molar-refractivity contribution in [2.75, 3.05) is 28.2 Å². The maximum absolute atomic E-state index is 10.6. The molecule has 11 rings (SSSR count). The van der Waals surface area contributed by atoms with Crippen molar-refractivity contribution in [2.45, 2.75) is 75.0 Å². The number of fused-ring (bicyclic) bond motifs is 2. The molecule has 4 aromatic carbocycles. The molecule has 4 atom stereocenters. The van der Waals surface area contributed by atoms with E-state index in [0.717, 1.165) is 35.5 Å². The Hall–Kier alpha value is -2.56. The zero-order valence-corrected chi connectivity index (χ0v) is 34.9. The van der Waals surface area contributed by atoms with Crippen molar-refractivity contribution in [3.8, 4) is 23.0 Å². The van der Waals surface area contributed by atoms with Crippen LogP contribution in [0.5, 0.6) is 23.0 Å². The Kier molecular flexibility index (Phi) is 9.69. The van der Waals surface area contributed by atoms with Gasteiger partial charge in [-0.3, -0.25) is 4.67 Å². The SMILES string of the molecule is CN(C)P(Cl)Cl.CN(C)P1Oc2cccc3c2C24c5c(cccc5O1)C[C@H]2CCC[C@@H]4C3.Oc1cccc2c1C13c4c(O)cccc4C[C@H]1CCC[C@@H]3C2. The molecular formula is C44H50Cl2N2O4P2. The Morgan fingerprint density at radius 3 is 1.26 bits per heavy atom. The topological polar surface area (TPSA) is 65.4 Å². The van der Waals surface area contributed by atoms with Gasteiger partial charge in [0.1, 0.15) is 23.0 Å². The second-order valence-electron chi connectivity index (χ2n) is 16.7. The van der Waals surface area contributed by atoms with Crippen molar-refractivity contribution in [2.24, 2.45) is 23.7 Å². The van der Waals surface area contributed by atoms with E-state index in [2.05, 4.69) is 53.2 Å². The van der Waals surface area contributed by atoms with Gasteiger partial charge in [0.2, 0.25) is 0 Å². The van der Waals surface area contributed by atoms with E-state index in [1.807, 2.05) is 52.5 Å². The number of rotatable bonds is 2. The fraction of sp³-hybridized carbons (Fsp3) is 0.455. The number of halogens is 2. The molecule has 284 valence electrons. The predicted molar refractivity (Wildman–Crippen MR) is 221 cm³/mol. The predicted octanol–water partition coefficient (Wildman–Crippen LogP) is 11.2. The summed E-state index contributed by atoms with van der Waals surface area (Å²) >= 11 is 10.7. The molecule has 6 aliphatic carbocycles. The molecule has 1 aliphatic heterocycles. The van der Waals surface area contributed by atoms with Gasteiger partial charge < -0.3 is 19.3 Å². The third-order valence-corrected chi connectivity index (χ3v) is 17.5. The summed E-state index contributed by atoms with van der Waals surface area (Å²) in [6.07, 6.45) is 12.1. The van der Waals surface area contributed by atoms with Gasteiger partial charge in [0.15, 0.2) is 6.78 Å². The van der Waals surface area contributed by atoms with Gasteiger partial charge in [-0.1, -0.05) is 83.9 Å². The summed E-state index contributed by atoms with van der Waals surface area (Å²) in [5.41, 5.74) is 10.8. The Labute approximate surface area is 332 Å². The smallest absolute Gasteiger partial charge is 0.384 e. The Morgan fingerprint density at radius 1 is 0.574 bits per heavy atom. The summed E-state index contributed by atoms with van der Waals surface area (Å²) in [6, 6.07) is 25.3. The van der Waals surface area contributed by atoms with Crippen molar-refractivity contribution in [1.29, 1.82) is 0 Å². The highest BCUT2D eigenvalue weighted by Crippen LogP contribution is 2.69. The minimum absolute atomic E-state index is 0.115. The van der Waals surface area contributed by atoms with Crippen LogP contribution in [0.25, 0.3) is 0 Å². The third-order valence-electron chi connectivity index (χ3n) is 13.8. The van der Waals surface area contributed by atoms with Crippen LogP contribution >= 0.6 is 37.8 Å². The van der Waals surface area contributed by atoms with E-state index in [1.54, 1.807) is 4.67 Å². The van der Waals surface area contributed by atoms with Crippen LogP contribution in [0.15, 0.2) is 72.8 Å².